The van der Waals surface area contributed by atoms with Crippen LogP contribution < -0.4 is 5.32 Å². The van der Waals surface area contributed by atoms with Crippen LogP contribution in [0.15, 0.2) is 12.3 Å². The highest BCUT2D eigenvalue weighted by Crippen LogP contribution is 1.99. The van der Waals surface area contributed by atoms with Crippen molar-refractivity contribution in [3.8, 4) is 0 Å². The molecule has 1 N–H and O–H groups in total. The summed E-state index contributed by atoms with van der Waals surface area (Å²) in [5.41, 5.74) is 1.25. The summed E-state index contributed by atoms with van der Waals surface area (Å²) in [4.78, 5) is 2.27. The van der Waals surface area contributed by atoms with Crippen LogP contribution in [0.2, 0.25) is 0 Å². The standard InChI is InChI=1S/C9H18N4/c1-10-6-7-12(2)8-9-4-5-11-13(9)3/h4-5,10H,6-8H2,1-3H3. The van der Waals surface area contributed by atoms with Gasteiger partial charge < -0.3 is 5.32 Å². The molecule has 0 radical (unpaired) electrons. The van der Waals surface area contributed by atoms with Gasteiger partial charge in [-0.15, -0.1) is 0 Å². The van der Waals surface area contributed by atoms with Crippen LogP contribution in [0.5, 0.6) is 0 Å². The first-order chi connectivity index (χ1) is 6.24. The van der Waals surface area contributed by atoms with Gasteiger partial charge in [0, 0.05) is 32.9 Å². The summed E-state index contributed by atoms with van der Waals surface area (Å²) in [5.74, 6) is 0. The topological polar surface area (TPSA) is 33.1 Å². The number of nitrogens with zero attached hydrogens (tertiary/aromatic N) is 3. The monoisotopic (exact) mass is 182 g/mol. The van der Waals surface area contributed by atoms with Crippen LogP contribution in [-0.2, 0) is 13.6 Å². The third-order valence-electron chi connectivity index (χ3n) is 2.10. The number of rotatable bonds is 5. The quantitative estimate of drug-likeness (QED) is 0.699. The summed E-state index contributed by atoms with van der Waals surface area (Å²) in [6.45, 7) is 3.04. The Bertz CT molecular complexity index is 244. The lowest BCUT2D eigenvalue weighted by molar-refractivity contribution is 0.318. The van der Waals surface area contributed by atoms with Crippen LogP contribution in [0, 0.1) is 0 Å². The second-order valence-electron chi connectivity index (χ2n) is 3.29. The zero-order valence-electron chi connectivity index (χ0n) is 8.62. The van der Waals surface area contributed by atoms with Crippen LogP contribution in [0.25, 0.3) is 0 Å². The zero-order chi connectivity index (χ0) is 9.68. The van der Waals surface area contributed by atoms with Gasteiger partial charge in [-0.3, -0.25) is 9.58 Å². The average Bonchev–Trinajstić information content (AvgIpc) is 2.48. The van der Waals surface area contributed by atoms with Gasteiger partial charge in [0.25, 0.3) is 0 Å². The number of hydrogen-bond donors (Lipinski definition) is 1. The molecule has 1 rings (SSSR count). The lowest BCUT2D eigenvalue weighted by Gasteiger charge is -2.15. The molecule has 0 aromatic carbocycles. The second kappa shape index (κ2) is 4.99. The minimum atomic E-state index is 0.957. The highest BCUT2D eigenvalue weighted by atomic mass is 15.3. The van der Waals surface area contributed by atoms with Gasteiger partial charge in [0.15, 0.2) is 0 Å². The predicted molar refractivity (Wildman–Crippen MR) is 53.5 cm³/mol. The molecule has 1 aromatic heterocycles. The van der Waals surface area contributed by atoms with E-state index in [0.29, 0.717) is 0 Å². The summed E-state index contributed by atoms with van der Waals surface area (Å²) in [6, 6.07) is 2.05. The Labute approximate surface area is 79.5 Å². The molecule has 0 amide bonds. The molecule has 0 unspecified atom stereocenters. The third-order valence-corrected chi connectivity index (χ3v) is 2.10. The average molecular weight is 182 g/mol. The molecule has 0 bridgehead atoms. The van der Waals surface area contributed by atoms with E-state index in [1.165, 1.54) is 5.69 Å². The Kier molecular flexibility index (Phi) is 3.92. The molecule has 1 aromatic rings. The van der Waals surface area contributed by atoms with Crippen molar-refractivity contribution < 1.29 is 0 Å². The molecule has 0 atom stereocenters. The van der Waals surface area contributed by atoms with Gasteiger partial charge in [-0.1, -0.05) is 0 Å². The van der Waals surface area contributed by atoms with Gasteiger partial charge in [0.1, 0.15) is 0 Å². The Balaban J connectivity index is 2.36. The fourth-order valence-electron chi connectivity index (χ4n) is 1.21. The molecule has 0 fully saturated rings. The largest absolute Gasteiger partial charge is 0.318 e. The van der Waals surface area contributed by atoms with Crippen LogP contribution in [0.1, 0.15) is 5.69 Å². The van der Waals surface area contributed by atoms with Crippen molar-refractivity contribution in [1.82, 2.24) is 20.0 Å². The molecule has 1 heterocycles. The zero-order valence-corrected chi connectivity index (χ0v) is 8.62. The van der Waals surface area contributed by atoms with E-state index in [1.54, 1.807) is 0 Å². The molecule has 13 heavy (non-hydrogen) atoms. The minimum Gasteiger partial charge on any atom is -0.318 e. The number of likely N-dealkylation sites (N-methyl/N-ethyl adjacent to an activating group) is 2. The summed E-state index contributed by atoms with van der Waals surface area (Å²) in [7, 11) is 6.06. The molecule has 0 aliphatic heterocycles. The summed E-state index contributed by atoms with van der Waals surface area (Å²) in [6.07, 6.45) is 1.83. The van der Waals surface area contributed by atoms with Crippen molar-refractivity contribution in [2.75, 3.05) is 27.2 Å². The van der Waals surface area contributed by atoms with Gasteiger partial charge >= 0.3 is 0 Å². The van der Waals surface area contributed by atoms with E-state index < -0.39 is 0 Å². The molecule has 0 saturated carbocycles. The van der Waals surface area contributed by atoms with E-state index in [4.69, 9.17) is 0 Å². The van der Waals surface area contributed by atoms with Gasteiger partial charge in [0.2, 0.25) is 0 Å². The van der Waals surface area contributed by atoms with Crippen molar-refractivity contribution in [2.45, 2.75) is 6.54 Å². The highest BCUT2D eigenvalue weighted by Gasteiger charge is 2.02. The van der Waals surface area contributed by atoms with Crippen LogP contribution in [0.3, 0.4) is 0 Å². The smallest absolute Gasteiger partial charge is 0.0520 e. The van der Waals surface area contributed by atoms with Gasteiger partial charge in [-0.25, -0.2) is 0 Å². The van der Waals surface area contributed by atoms with E-state index in [-0.39, 0.29) is 0 Å². The Hall–Kier alpha value is -0.870. The second-order valence-corrected chi connectivity index (χ2v) is 3.29. The maximum atomic E-state index is 4.12. The Morgan fingerprint density at radius 3 is 2.92 bits per heavy atom. The summed E-state index contributed by atoms with van der Waals surface area (Å²) >= 11 is 0. The van der Waals surface area contributed by atoms with Crippen molar-refractivity contribution in [3.63, 3.8) is 0 Å². The van der Waals surface area contributed by atoms with Crippen molar-refractivity contribution >= 4 is 0 Å². The number of hydrogen-bond acceptors (Lipinski definition) is 3. The molecule has 0 aliphatic rings. The summed E-state index contributed by atoms with van der Waals surface area (Å²) in [5, 5.41) is 7.25. The first-order valence-electron chi connectivity index (χ1n) is 4.54. The van der Waals surface area contributed by atoms with Crippen molar-refractivity contribution in [2.24, 2.45) is 7.05 Å². The SMILES string of the molecule is CNCCN(C)Cc1ccnn1C. The minimum absolute atomic E-state index is 0.957. The molecule has 0 spiro atoms. The molecule has 0 aliphatic carbocycles. The lowest BCUT2D eigenvalue weighted by Crippen LogP contribution is -2.27. The fraction of sp³-hybridized carbons (Fsp3) is 0.667. The van der Waals surface area contributed by atoms with Gasteiger partial charge in [0.05, 0.1) is 5.69 Å². The molecule has 0 saturated heterocycles. The predicted octanol–water partition coefficient (Wildman–Crippen LogP) is 0.0713. The van der Waals surface area contributed by atoms with Gasteiger partial charge in [-0.05, 0) is 20.2 Å². The van der Waals surface area contributed by atoms with E-state index in [0.717, 1.165) is 19.6 Å². The number of aryl methyl sites for hydroxylation is 1. The first kappa shape index (κ1) is 10.2. The van der Waals surface area contributed by atoms with E-state index in [9.17, 15) is 0 Å². The van der Waals surface area contributed by atoms with Crippen molar-refractivity contribution in [1.29, 1.82) is 0 Å². The molecule has 4 heteroatoms. The van der Waals surface area contributed by atoms with Gasteiger partial charge in [-0.2, -0.15) is 5.10 Å². The molecule has 4 nitrogen and oxygen atoms in total. The lowest BCUT2D eigenvalue weighted by atomic mass is 10.4. The molecule has 74 valence electrons. The fourth-order valence-corrected chi connectivity index (χ4v) is 1.21. The Morgan fingerprint density at radius 2 is 2.38 bits per heavy atom. The molecular formula is C9H18N4. The third kappa shape index (κ3) is 3.16. The summed E-state index contributed by atoms with van der Waals surface area (Å²) < 4.78 is 1.91. The van der Waals surface area contributed by atoms with Crippen molar-refractivity contribution in [3.05, 3.63) is 18.0 Å². The number of nitrogens with one attached hydrogen (secondary N) is 1. The van der Waals surface area contributed by atoms with Crippen LogP contribution in [0.4, 0.5) is 0 Å². The van der Waals surface area contributed by atoms with E-state index >= 15 is 0 Å². The maximum Gasteiger partial charge on any atom is 0.0520 e. The Morgan fingerprint density at radius 1 is 1.62 bits per heavy atom. The normalized spacial score (nSPS) is 11.1. The number of aromatic nitrogens is 2. The van der Waals surface area contributed by atoms with Crippen LogP contribution >= 0.6 is 0 Å². The molecular weight excluding hydrogens is 164 g/mol. The van der Waals surface area contributed by atoms with Crippen LogP contribution in [-0.4, -0.2) is 41.9 Å². The van der Waals surface area contributed by atoms with E-state index in [1.807, 2.05) is 25.0 Å². The highest BCUT2D eigenvalue weighted by molar-refractivity contribution is 4.99. The van der Waals surface area contributed by atoms with E-state index in [2.05, 4.69) is 28.4 Å². The maximum absolute atomic E-state index is 4.12. The first-order valence-corrected chi connectivity index (χ1v) is 4.54.